The fourth-order valence-corrected chi connectivity index (χ4v) is 5.85. The van der Waals surface area contributed by atoms with Crippen LogP contribution in [0.1, 0.15) is 38.9 Å². The van der Waals surface area contributed by atoms with Crippen LogP contribution in [0.4, 0.5) is 0 Å². The molecule has 5 rings (SSSR count). The summed E-state index contributed by atoms with van der Waals surface area (Å²) in [7, 11) is 1.81. The summed E-state index contributed by atoms with van der Waals surface area (Å²) < 4.78 is 7.81. The molecule has 0 N–H and O–H groups in total. The first kappa shape index (κ1) is 17.4. The Hall–Kier alpha value is -2.72. The summed E-state index contributed by atoms with van der Waals surface area (Å²) in [6.07, 6.45) is 2.74. The van der Waals surface area contributed by atoms with Gasteiger partial charge in [0.1, 0.15) is 6.07 Å². The fraction of sp³-hybridized carbons (Fsp3) is 0.524. The number of aryl methyl sites for hydroxylation is 1. The maximum Gasteiger partial charge on any atom is 0.367 e. The smallest absolute Gasteiger partial charge is 0.362 e. The molecule has 0 spiro atoms. The number of hydrogen-bond donors (Lipinski definition) is 0. The third kappa shape index (κ3) is 1.84. The van der Waals surface area contributed by atoms with Gasteiger partial charge in [0.25, 0.3) is 0 Å². The molecule has 1 aliphatic heterocycles. The summed E-state index contributed by atoms with van der Waals surface area (Å²) in [6, 6.07) is 9.57. The van der Waals surface area contributed by atoms with E-state index in [4.69, 9.17) is 9.57 Å². The summed E-state index contributed by atoms with van der Waals surface area (Å²) in [4.78, 5) is 22.9. The maximum absolute atomic E-state index is 13.1. The van der Waals surface area contributed by atoms with E-state index in [-0.39, 0.29) is 16.5 Å². The Balaban J connectivity index is 1.46. The SMILES string of the molecule is Cn1c(/C(C#N)=N\OC(=O)[C@@]23C[C@H]4CC[C@@]2(C)[C@@]4(C)CO3)nc2ccccc21. The molecule has 4 bridgehead atoms. The van der Waals surface area contributed by atoms with Crippen molar-refractivity contribution in [2.24, 2.45) is 29.0 Å². The minimum Gasteiger partial charge on any atom is -0.362 e. The lowest BCUT2D eigenvalue weighted by atomic mass is 9.66. The summed E-state index contributed by atoms with van der Waals surface area (Å²) in [6.45, 7) is 4.92. The number of para-hydroxylation sites is 2. The van der Waals surface area contributed by atoms with Gasteiger partial charge in [-0.3, -0.25) is 0 Å². The van der Waals surface area contributed by atoms with E-state index in [1.165, 1.54) is 0 Å². The number of benzene rings is 1. The predicted molar refractivity (Wildman–Crippen MR) is 101 cm³/mol. The van der Waals surface area contributed by atoms with Crippen LogP contribution >= 0.6 is 0 Å². The average Bonchev–Trinajstić information content (AvgIpc) is 3.30. The van der Waals surface area contributed by atoms with Crippen molar-refractivity contribution in [1.82, 2.24) is 9.55 Å². The van der Waals surface area contributed by atoms with Gasteiger partial charge in [0.05, 0.1) is 17.6 Å². The van der Waals surface area contributed by atoms with Gasteiger partial charge in [-0.1, -0.05) is 31.1 Å². The topological polar surface area (TPSA) is 89.5 Å². The van der Waals surface area contributed by atoms with Crippen molar-refractivity contribution in [3.63, 3.8) is 0 Å². The van der Waals surface area contributed by atoms with Crippen LogP contribution in [0.5, 0.6) is 0 Å². The van der Waals surface area contributed by atoms with Crippen molar-refractivity contribution in [2.45, 2.75) is 38.7 Å². The molecule has 4 atom stereocenters. The normalized spacial score (nSPS) is 36.1. The third-order valence-electron chi connectivity index (χ3n) is 7.85. The van der Waals surface area contributed by atoms with Crippen molar-refractivity contribution < 1.29 is 14.4 Å². The molecule has 0 unspecified atom stereocenters. The fourth-order valence-electron chi connectivity index (χ4n) is 5.85. The third-order valence-corrected chi connectivity index (χ3v) is 7.85. The zero-order chi connectivity index (χ0) is 19.7. The van der Waals surface area contributed by atoms with E-state index < -0.39 is 11.6 Å². The lowest BCUT2D eigenvalue weighted by Crippen LogP contribution is -2.50. The summed E-state index contributed by atoms with van der Waals surface area (Å²) >= 11 is 0. The predicted octanol–water partition coefficient (Wildman–Crippen LogP) is 2.94. The van der Waals surface area contributed by atoms with E-state index in [2.05, 4.69) is 24.0 Å². The minimum absolute atomic E-state index is 0.00515. The molecule has 1 aromatic heterocycles. The highest BCUT2D eigenvalue weighted by Gasteiger charge is 2.79. The van der Waals surface area contributed by atoms with Gasteiger partial charge in [-0.25, -0.2) is 9.78 Å². The van der Waals surface area contributed by atoms with Crippen LogP contribution in [-0.4, -0.2) is 33.4 Å². The highest BCUT2D eigenvalue weighted by atomic mass is 16.7. The highest BCUT2D eigenvalue weighted by Crippen LogP contribution is 2.75. The lowest BCUT2D eigenvalue weighted by Gasteiger charge is -2.38. The van der Waals surface area contributed by atoms with Crippen LogP contribution in [0.15, 0.2) is 29.4 Å². The molecule has 1 aromatic carbocycles. The van der Waals surface area contributed by atoms with Crippen LogP contribution in [0.3, 0.4) is 0 Å². The second-order valence-corrected chi connectivity index (χ2v) is 8.72. The van der Waals surface area contributed by atoms with Crippen LogP contribution in [0, 0.1) is 28.1 Å². The van der Waals surface area contributed by atoms with Crippen molar-refractivity contribution in [3.8, 4) is 6.07 Å². The Labute approximate surface area is 162 Å². The highest BCUT2D eigenvalue weighted by molar-refractivity contribution is 6.10. The molecule has 2 aliphatic carbocycles. The summed E-state index contributed by atoms with van der Waals surface area (Å²) in [5.41, 5.74) is 0.399. The number of hydrogen-bond acceptors (Lipinski definition) is 6. The van der Waals surface area contributed by atoms with Gasteiger partial charge in [0.15, 0.2) is 11.4 Å². The van der Waals surface area contributed by atoms with Crippen molar-refractivity contribution in [2.75, 3.05) is 6.61 Å². The van der Waals surface area contributed by atoms with Gasteiger partial charge >= 0.3 is 5.97 Å². The first-order valence-electron chi connectivity index (χ1n) is 9.62. The maximum atomic E-state index is 13.1. The van der Waals surface area contributed by atoms with Gasteiger partial charge < -0.3 is 14.1 Å². The Morgan fingerprint density at radius 3 is 2.89 bits per heavy atom. The summed E-state index contributed by atoms with van der Waals surface area (Å²) in [5.74, 6) is 0.343. The molecule has 3 aliphatic rings. The quantitative estimate of drug-likeness (QED) is 0.465. The average molecular weight is 378 g/mol. The van der Waals surface area contributed by atoms with Gasteiger partial charge in [-0.15, -0.1) is 0 Å². The number of oxime groups is 1. The molecule has 3 fully saturated rings. The molecule has 0 amide bonds. The van der Waals surface area contributed by atoms with Crippen LogP contribution in [0.2, 0.25) is 0 Å². The van der Waals surface area contributed by atoms with E-state index in [9.17, 15) is 10.1 Å². The summed E-state index contributed by atoms with van der Waals surface area (Å²) in [5, 5.41) is 13.5. The molecule has 28 heavy (non-hydrogen) atoms. The zero-order valence-corrected chi connectivity index (χ0v) is 16.2. The van der Waals surface area contributed by atoms with E-state index in [1.807, 2.05) is 30.3 Å². The number of imidazole rings is 1. The molecule has 1 saturated heterocycles. The lowest BCUT2D eigenvalue weighted by molar-refractivity contribution is -0.181. The molecule has 7 heteroatoms. The molecule has 7 nitrogen and oxygen atoms in total. The molecule has 0 radical (unpaired) electrons. The standard InChI is InChI=1S/C21H22N4O3/c1-19-12-27-21(10-13(19)8-9-20(19,21)2)18(26)28-24-15(11-22)17-23-14-6-4-5-7-16(14)25(17)3/h4-7,13H,8-10,12H2,1-3H3/b24-15-/t13-,19+,20+,21+/m1/s1. The van der Waals surface area contributed by atoms with Crippen LogP contribution in [-0.2, 0) is 21.4 Å². The monoisotopic (exact) mass is 378 g/mol. The molecule has 2 aromatic rings. The van der Waals surface area contributed by atoms with E-state index in [0.717, 1.165) is 23.9 Å². The molecular formula is C21H22N4O3. The Morgan fingerprint density at radius 1 is 1.43 bits per heavy atom. The van der Waals surface area contributed by atoms with Crippen LogP contribution in [0.25, 0.3) is 11.0 Å². The number of carbonyl (C=O) groups is 1. The van der Waals surface area contributed by atoms with Gasteiger partial charge in [-0.2, -0.15) is 5.26 Å². The Kier molecular flexibility index (Phi) is 3.36. The molecular weight excluding hydrogens is 356 g/mol. The number of rotatable bonds is 3. The number of fused-ring (bicyclic) bond motifs is 1. The zero-order valence-electron chi connectivity index (χ0n) is 16.2. The van der Waals surface area contributed by atoms with Crippen LogP contribution < -0.4 is 0 Å². The van der Waals surface area contributed by atoms with E-state index in [0.29, 0.717) is 24.8 Å². The second-order valence-electron chi connectivity index (χ2n) is 8.72. The molecule has 2 heterocycles. The number of ether oxygens (including phenoxy) is 1. The molecule has 2 saturated carbocycles. The van der Waals surface area contributed by atoms with Crippen molar-refractivity contribution in [1.29, 1.82) is 5.26 Å². The minimum atomic E-state index is -0.957. The Bertz CT molecular complexity index is 1080. The van der Waals surface area contributed by atoms with Crippen molar-refractivity contribution >= 4 is 22.7 Å². The van der Waals surface area contributed by atoms with Gasteiger partial charge in [0.2, 0.25) is 5.71 Å². The first-order chi connectivity index (χ1) is 13.4. The molecule has 144 valence electrons. The van der Waals surface area contributed by atoms with Gasteiger partial charge in [-0.05, 0) is 37.3 Å². The number of nitriles is 1. The van der Waals surface area contributed by atoms with E-state index in [1.54, 1.807) is 11.6 Å². The Morgan fingerprint density at radius 2 is 2.21 bits per heavy atom. The largest absolute Gasteiger partial charge is 0.367 e. The number of carbonyl (C=O) groups excluding carboxylic acids is 1. The second kappa shape index (κ2) is 5.42. The number of aromatic nitrogens is 2. The first-order valence-corrected chi connectivity index (χ1v) is 9.62. The van der Waals surface area contributed by atoms with Gasteiger partial charge in [0, 0.05) is 17.9 Å². The number of nitrogens with zero attached hydrogens (tertiary/aromatic N) is 4. The van der Waals surface area contributed by atoms with Crippen molar-refractivity contribution in [3.05, 3.63) is 30.1 Å². The van der Waals surface area contributed by atoms with E-state index >= 15 is 0 Å².